The van der Waals surface area contributed by atoms with Gasteiger partial charge in [0, 0.05) is 6.42 Å². The minimum absolute atomic E-state index is 0. The van der Waals surface area contributed by atoms with Gasteiger partial charge in [-0.2, -0.15) is 0 Å². The number of ether oxygens (including phenoxy) is 1. The van der Waals surface area contributed by atoms with Crippen LogP contribution in [0.2, 0.25) is 0 Å². The number of alkyl carbamates (subject to hydrolysis) is 1. The summed E-state index contributed by atoms with van der Waals surface area (Å²) in [5.74, 6) is 0.211. The second-order valence-corrected chi connectivity index (χ2v) is 3.22. The number of aromatic hydroxyl groups is 1. The molecule has 2 rings (SSSR count). The van der Waals surface area contributed by atoms with E-state index in [1.54, 1.807) is 18.2 Å². The Morgan fingerprint density at radius 2 is 2.27 bits per heavy atom. The molecular weight excluding hydrogens is 218 g/mol. The van der Waals surface area contributed by atoms with Crippen molar-refractivity contribution in [1.82, 2.24) is 5.32 Å². The van der Waals surface area contributed by atoms with Crippen molar-refractivity contribution in [2.75, 3.05) is 6.61 Å². The van der Waals surface area contributed by atoms with E-state index in [0.29, 0.717) is 6.61 Å². The first kappa shape index (κ1) is 11.7. The molecule has 0 saturated carbocycles. The van der Waals surface area contributed by atoms with Gasteiger partial charge in [0.05, 0.1) is 12.6 Å². The molecule has 1 atom stereocenters. The van der Waals surface area contributed by atoms with Crippen molar-refractivity contribution >= 4 is 18.5 Å². The second kappa shape index (κ2) is 4.89. The highest BCUT2D eigenvalue weighted by Gasteiger charge is 2.20. The summed E-state index contributed by atoms with van der Waals surface area (Å²) in [6.07, 6.45) is 0.333. The number of cyclic esters (lactones) is 1. The van der Waals surface area contributed by atoms with Crippen LogP contribution in [0, 0.1) is 0 Å². The first-order chi connectivity index (χ1) is 6.75. The summed E-state index contributed by atoms with van der Waals surface area (Å²) in [4.78, 5) is 10.9. The number of carbonyl (C=O) groups excluding carboxylic acids is 1. The zero-order valence-electron chi connectivity index (χ0n) is 7.97. The number of carbonyl (C=O) groups is 1. The summed E-state index contributed by atoms with van der Waals surface area (Å²) in [6, 6.07) is 6.83. The minimum Gasteiger partial charge on any atom is -0.508 e. The molecule has 1 aliphatic heterocycles. The predicted octanol–water partition coefficient (Wildman–Crippen LogP) is 1.99. The number of benzene rings is 1. The van der Waals surface area contributed by atoms with Crippen LogP contribution in [0.25, 0.3) is 0 Å². The van der Waals surface area contributed by atoms with Crippen molar-refractivity contribution in [3.8, 4) is 5.75 Å². The fourth-order valence-electron chi connectivity index (χ4n) is 1.52. The normalized spacial score (nSPS) is 19.7. The quantitative estimate of drug-likeness (QED) is 0.774. The van der Waals surface area contributed by atoms with E-state index in [9.17, 15) is 9.90 Å². The summed E-state index contributed by atoms with van der Waals surface area (Å²) in [5, 5.41) is 12.0. The number of amides is 1. The zero-order valence-corrected chi connectivity index (χ0v) is 8.79. The van der Waals surface area contributed by atoms with Gasteiger partial charge < -0.3 is 15.2 Å². The molecule has 0 bridgehead atoms. The number of hydrogen-bond donors (Lipinski definition) is 2. The molecular formula is C10H12ClNO3. The molecule has 1 fully saturated rings. The van der Waals surface area contributed by atoms with Crippen LogP contribution in [0.5, 0.6) is 5.75 Å². The lowest BCUT2D eigenvalue weighted by atomic mass is 10.0. The molecule has 1 aromatic rings. The average Bonchev–Trinajstić information content (AvgIpc) is 2.18. The van der Waals surface area contributed by atoms with Gasteiger partial charge in [-0.3, -0.25) is 0 Å². The maximum atomic E-state index is 10.9. The number of rotatable bonds is 1. The van der Waals surface area contributed by atoms with E-state index in [1.807, 2.05) is 6.07 Å². The topological polar surface area (TPSA) is 58.6 Å². The van der Waals surface area contributed by atoms with Gasteiger partial charge in [-0.1, -0.05) is 12.1 Å². The Hall–Kier alpha value is -1.42. The molecule has 15 heavy (non-hydrogen) atoms. The molecule has 0 unspecified atom stereocenters. The number of hydrogen-bond acceptors (Lipinski definition) is 3. The molecule has 1 amide bonds. The van der Waals surface area contributed by atoms with Crippen LogP contribution in [0.3, 0.4) is 0 Å². The van der Waals surface area contributed by atoms with Gasteiger partial charge >= 0.3 is 6.09 Å². The Balaban J connectivity index is 0.00000112. The smallest absolute Gasteiger partial charge is 0.407 e. The summed E-state index contributed by atoms with van der Waals surface area (Å²) in [6.45, 7) is 0.423. The van der Waals surface area contributed by atoms with Crippen molar-refractivity contribution < 1.29 is 14.6 Å². The molecule has 0 aromatic heterocycles. The van der Waals surface area contributed by atoms with E-state index >= 15 is 0 Å². The van der Waals surface area contributed by atoms with Gasteiger partial charge in [0.15, 0.2) is 0 Å². The molecule has 1 heterocycles. The molecule has 4 nitrogen and oxygen atoms in total. The monoisotopic (exact) mass is 229 g/mol. The fourth-order valence-corrected chi connectivity index (χ4v) is 1.52. The van der Waals surface area contributed by atoms with Crippen molar-refractivity contribution in [1.29, 1.82) is 0 Å². The highest BCUT2D eigenvalue weighted by Crippen LogP contribution is 2.22. The van der Waals surface area contributed by atoms with Gasteiger partial charge in [0.2, 0.25) is 0 Å². The lowest BCUT2D eigenvalue weighted by Crippen LogP contribution is -2.35. The van der Waals surface area contributed by atoms with Crippen LogP contribution in [0.15, 0.2) is 24.3 Å². The van der Waals surface area contributed by atoms with Crippen molar-refractivity contribution in [2.24, 2.45) is 0 Å². The Morgan fingerprint density at radius 3 is 2.93 bits per heavy atom. The SMILES string of the molecule is Cl.O=C1N[C@@H](c2cccc(O)c2)CCO1. The first-order valence-electron chi connectivity index (χ1n) is 4.48. The zero-order chi connectivity index (χ0) is 9.97. The van der Waals surface area contributed by atoms with Crippen LogP contribution >= 0.6 is 12.4 Å². The minimum atomic E-state index is -0.399. The molecule has 1 aromatic carbocycles. The molecule has 1 aliphatic rings. The van der Waals surface area contributed by atoms with Gasteiger partial charge in [0.1, 0.15) is 5.75 Å². The van der Waals surface area contributed by atoms with E-state index in [0.717, 1.165) is 12.0 Å². The lowest BCUT2D eigenvalue weighted by molar-refractivity contribution is 0.115. The van der Waals surface area contributed by atoms with Gasteiger partial charge in [-0.15, -0.1) is 12.4 Å². The number of phenolic OH excluding ortho intramolecular Hbond substituents is 1. The number of nitrogens with one attached hydrogen (secondary N) is 1. The molecule has 2 N–H and O–H groups in total. The Morgan fingerprint density at radius 1 is 1.47 bits per heavy atom. The highest BCUT2D eigenvalue weighted by atomic mass is 35.5. The maximum absolute atomic E-state index is 10.9. The highest BCUT2D eigenvalue weighted by molar-refractivity contribution is 5.85. The third-order valence-electron chi connectivity index (χ3n) is 2.20. The van der Waals surface area contributed by atoms with Gasteiger partial charge in [-0.25, -0.2) is 4.79 Å². The van der Waals surface area contributed by atoms with Crippen LogP contribution in [-0.4, -0.2) is 17.8 Å². The lowest BCUT2D eigenvalue weighted by Gasteiger charge is -2.23. The molecule has 0 radical (unpaired) electrons. The van der Waals surface area contributed by atoms with Crippen molar-refractivity contribution in [3.05, 3.63) is 29.8 Å². The van der Waals surface area contributed by atoms with E-state index in [2.05, 4.69) is 5.32 Å². The number of halogens is 1. The first-order valence-corrected chi connectivity index (χ1v) is 4.48. The Bertz CT molecular complexity index is 356. The fraction of sp³-hybridized carbons (Fsp3) is 0.300. The third-order valence-corrected chi connectivity index (χ3v) is 2.20. The Kier molecular flexibility index (Phi) is 3.80. The summed E-state index contributed by atoms with van der Waals surface area (Å²) < 4.78 is 4.75. The third kappa shape index (κ3) is 2.76. The molecule has 82 valence electrons. The predicted molar refractivity (Wildman–Crippen MR) is 57.2 cm³/mol. The van der Waals surface area contributed by atoms with Crippen LogP contribution in [0.1, 0.15) is 18.0 Å². The van der Waals surface area contributed by atoms with E-state index in [1.165, 1.54) is 0 Å². The molecule has 0 spiro atoms. The molecule has 5 heteroatoms. The van der Waals surface area contributed by atoms with Gasteiger partial charge in [0.25, 0.3) is 0 Å². The van der Waals surface area contributed by atoms with Crippen molar-refractivity contribution in [2.45, 2.75) is 12.5 Å². The number of phenols is 1. The summed E-state index contributed by atoms with van der Waals surface area (Å²) >= 11 is 0. The largest absolute Gasteiger partial charge is 0.508 e. The van der Waals surface area contributed by atoms with Crippen LogP contribution in [0.4, 0.5) is 4.79 Å². The summed E-state index contributed by atoms with van der Waals surface area (Å²) in [5.41, 5.74) is 0.904. The van der Waals surface area contributed by atoms with Crippen molar-refractivity contribution in [3.63, 3.8) is 0 Å². The maximum Gasteiger partial charge on any atom is 0.407 e. The second-order valence-electron chi connectivity index (χ2n) is 3.22. The Labute approximate surface area is 93.7 Å². The van der Waals surface area contributed by atoms with E-state index in [-0.39, 0.29) is 24.2 Å². The van der Waals surface area contributed by atoms with Crippen LogP contribution in [-0.2, 0) is 4.74 Å². The van der Waals surface area contributed by atoms with Gasteiger partial charge in [-0.05, 0) is 17.7 Å². The average molecular weight is 230 g/mol. The summed E-state index contributed by atoms with van der Waals surface area (Å²) in [7, 11) is 0. The van der Waals surface area contributed by atoms with Crippen LogP contribution < -0.4 is 5.32 Å². The van der Waals surface area contributed by atoms with E-state index < -0.39 is 6.09 Å². The van der Waals surface area contributed by atoms with E-state index in [4.69, 9.17) is 4.74 Å². The molecule has 1 saturated heterocycles. The standard InChI is InChI=1S/C10H11NO3.ClH/c12-8-3-1-2-7(6-8)9-4-5-14-10(13)11-9;/h1-3,6,9,12H,4-5H2,(H,11,13);1H/t9-;/m1./s1. The molecule has 0 aliphatic carbocycles.